The number of carboxylic acid groups (broad SMARTS) is 1. The maximum Gasteiger partial charge on any atom is 0.306 e. The second kappa shape index (κ2) is 3.03. The smallest absolute Gasteiger partial charge is 0.306 e. The summed E-state index contributed by atoms with van der Waals surface area (Å²) in [6.45, 7) is 1.67. The number of carbonyl (C=O) groups is 2. The summed E-state index contributed by atoms with van der Waals surface area (Å²) < 4.78 is 0. The molecule has 3 heteroatoms. The highest BCUT2D eigenvalue weighted by Gasteiger charge is 2.30. The van der Waals surface area contributed by atoms with Gasteiger partial charge in [0.05, 0.1) is 5.92 Å². The van der Waals surface area contributed by atoms with Gasteiger partial charge in [0.2, 0.25) is 0 Å². The van der Waals surface area contributed by atoms with Crippen molar-refractivity contribution in [2.75, 3.05) is 0 Å². The average Bonchev–Trinajstić information content (AvgIpc) is 2.34. The largest absolute Gasteiger partial charge is 0.481 e. The van der Waals surface area contributed by atoms with E-state index in [-0.39, 0.29) is 17.6 Å². The highest BCUT2D eigenvalue weighted by molar-refractivity contribution is 5.82. The van der Waals surface area contributed by atoms with E-state index in [4.69, 9.17) is 5.11 Å². The van der Waals surface area contributed by atoms with Crippen molar-refractivity contribution in [3.8, 4) is 0 Å². The maximum atomic E-state index is 10.8. The van der Waals surface area contributed by atoms with Crippen molar-refractivity contribution in [3.63, 3.8) is 0 Å². The van der Waals surface area contributed by atoms with Crippen molar-refractivity contribution in [2.24, 2.45) is 11.8 Å². The minimum Gasteiger partial charge on any atom is -0.481 e. The van der Waals surface area contributed by atoms with Crippen LogP contribution < -0.4 is 0 Å². The molecule has 1 aliphatic carbocycles. The van der Waals surface area contributed by atoms with Crippen LogP contribution in [-0.2, 0) is 9.59 Å². The van der Waals surface area contributed by atoms with Gasteiger partial charge in [-0.2, -0.15) is 0 Å². The average molecular weight is 156 g/mol. The number of Topliss-reactive ketones (excluding diaryl/α,β-unsaturated/α-hetero) is 1. The third-order valence-electron chi connectivity index (χ3n) is 2.38. The molecule has 0 saturated heterocycles. The van der Waals surface area contributed by atoms with Crippen LogP contribution in [0.4, 0.5) is 0 Å². The molecule has 0 unspecified atom stereocenters. The number of carbonyl (C=O) groups excluding carboxylic acids is 1. The number of ketones is 1. The summed E-state index contributed by atoms with van der Waals surface area (Å²) >= 11 is 0. The van der Waals surface area contributed by atoms with E-state index in [2.05, 4.69) is 0 Å². The third-order valence-corrected chi connectivity index (χ3v) is 2.38. The number of hydrogen-bond acceptors (Lipinski definition) is 2. The Bertz CT molecular complexity index is 186. The summed E-state index contributed by atoms with van der Waals surface area (Å²) in [5.74, 6) is -0.853. The summed E-state index contributed by atoms with van der Waals surface area (Å²) in [4.78, 5) is 21.3. The number of carboxylic acids is 1. The van der Waals surface area contributed by atoms with Crippen molar-refractivity contribution in [1.82, 2.24) is 0 Å². The van der Waals surface area contributed by atoms with Crippen LogP contribution in [0.15, 0.2) is 0 Å². The molecule has 0 amide bonds. The molecular formula is C8H12O3. The Hall–Kier alpha value is -0.860. The van der Waals surface area contributed by atoms with Crippen LogP contribution in [0.2, 0.25) is 0 Å². The van der Waals surface area contributed by atoms with Crippen LogP contribution in [0.25, 0.3) is 0 Å². The molecule has 3 nitrogen and oxygen atoms in total. The second-order valence-corrected chi connectivity index (χ2v) is 3.17. The van der Waals surface area contributed by atoms with Crippen LogP contribution in [0.5, 0.6) is 0 Å². The molecule has 0 aromatic rings. The van der Waals surface area contributed by atoms with Gasteiger partial charge >= 0.3 is 5.97 Å². The standard InChI is InChI=1S/C8H12O3/c1-5(8(10)11)6-2-3-7(9)4-6/h5-6H,2-4H2,1H3,(H,10,11)/t5-,6+/m0/s1. The van der Waals surface area contributed by atoms with Gasteiger partial charge in [-0.15, -0.1) is 0 Å². The zero-order chi connectivity index (χ0) is 8.43. The van der Waals surface area contributed by atoms with Crippen molar-refractivity contribution >= 4 is 11.8 Å². The van der Waals surface area contributed by atoms with E-state index in [9.17, 15) is 9.59 Å². The first-order valence-corrected chi connectivity index (χ1v) is 3.85. The Morgan fingerprint density at radius 3 is 2.73 bits per heavy atom. The van der Waals surface area contributed by atoms with Gasteiger partial charge in [-0.1, -0.05) is 6.92 Å². The van der Waals surface area contributed by atoms with E-state index in [1.54, 1.807) is 6.92 Å². The molecule has 1 N–H and O–H groups in total. The molecule has 0 aromatic heterocycles. The van der Waals surface area contributed by atoms with Gasteiger partial charge in [0, 0.05) is 12.8 Å². The summed E-state index contributed by atoms with van der Waals surface area (Å²) in [6.07, 6.45) is 1.79. The Morgan fingerprint density at radius 1 is 1.73 bits per heavy atom. The lowest BCUT2D eigenvalue weighted by Gasteiger charge is -2.11. The second-order valence-electron chi connectivity index (χ2n) is 3.17. The summed E-state index contributed by atoms with van der Waals surface area (Å²) in [5.41, 5.74) is 0. The van der Waals surface area contributed by atoms with Gasteiger partial charge in [0.15, 0.2) is 0 Å². The first-order chi connectivity index (χ1) is 5.11. The summed E-state index contributed by atoms with van der Waals surface area (Å²) in [5, 5.41) is 8.62. The Morgan fingerprint density at radius 2 is 2.36 bits per heavy atom. The molecular weight excluding hydrogens is 144 g/mol. The van der Waals surface area contributed by atoms with Crippen LogP contribution in [-0.4, -0.2) is 16.9 Å². The van der Waals surface area contributed by atoms with Crippen molar-refractivity contribution in [2.45, 2.75) is 26.2 Å². The van der Waals surface area contributed by atoms with E-state index in [0.29, 0.717) is 12.8 Å². The fraction of sp³-hybridized carbons (Fsp3) is 0.750. The highest BCUT2D eigenvalue weighted by atomic mass is 16.4. The Labute approximate surface area is 65.4 Å². The SMILES string of the molecule is C[C@H](C(=O)O)[C@@H]1CCC(=O)C1. The molecule has 1 fully saturated rings. The van der Waals surface area contributed by atoms with Gasteiger partial charge in [-0.05, 0) is 12.3 Å². The molecule has 11 heavy (non-hydrogen) atoms. The zero-order valence-electron chi connectivity index (χ0n) is 6.54. The number of rotatable bonds is 2. The molecule has 0 bridgehead atoms. The van der Waals surface area contributed by atoms with Gasteiger partial charge in [-0.25, -0.2) is 0 Å². The molecule has 0 heterocycles. The predicted molar refractivity (Wildman–Crippen MR) is 39.1 cm³/mol. The van der Waals surface area contributed by atoms with Crippen LogP contribution >= 0.6 is 0 Å². The quantitative estimate of drug-likeness (QED) is 0.650. The molecule has 62 valence electrons. The molecule has 2 atom stereocenters. The zero-order valence-corrected chi connectivity index (χ0v) is 6.54. The van der Waals surface area contributed by atoms with Crippen LogP contribution in [0.1, 0.15) is 26.2 Å². The third kappa shape index (κ3) is 1.79. The maximum absolute atomic E-state index is 10.8. The van der Waals surface area contributed by atoms with Gasteiger partial charge < -0.3 is 5.11 Å². The first kappa shape index (κ1) is 8.24. The van der Waals surface area contributed by atoms with E-state index in [0.717, 1.165) is 6.42 Å². The van der Waals surface area contributed by atoms with Crippen molar-refractivity contribution in [3.05, 3.63) is 0 Å². The fourth-order valence-electron chi connectivity index (χ4n) is 1.47. The van der Waals surface area contributed by atoms with Crippen LogP contribution in [0.3, 0.4) is 0 Å². The number of hydrogen-bond donors (Lipinski definition) is 1. The molecule has 1 aliphatic rings. The topological polar surface area (TPSA) is 54.4 Å². The van der Waals surface area contributed by atoms with Gasteiger partial charge in [0.25, 0.3) is 0 Å². The lowest BCUT2D eigenvalue weighted by molar-refractivity contribution is -0.142. The van der Waals surface area contributed by atoms with E-state index < -0.39 is 5.97 Å². The van der Waals surface area contributed by atoms with Gasteiger partial charge in [0.1, 0.15) is 5.78 Å². The Balaban J connectivity index is 2.49. The molecule has 1 rings (SSSR count). The van der Waals surface area contributed by atoms with Crippen molar-refractivity contribution < 1.29 is 14.7 Å². The van der Waals surface area contributed by atoms with E-state index in [1.165, 1.54) is 0 Å². The van der Waals surface area contributed by atoms with Gasteiger partial charge in [-0.3, -0.25) is 9.59 Å². The molecule has 0 spiro atoms. The number of aliphatic carboxylic acids is 1. The minimum atomic E-state index is -0.787. The highest BCUT2D eigenvalue weighted by Crippen LogP contribution is 2.28. The van der Waals surface area contributed by atoms with E-state index in [1.807, 2.05) is 0 Å². The lowest BCUT2D eigenvalue weighted by Crippen LogP contribution is -2.18. The van der Waals surface area contributed by atoms with Crippen LogP contribution in [0, 0.1) is 11.8 Å². The normalized spacial score (nSPS) is 27.0. The lowest BCUT2D eigenvalue weighted by atomic mass is 9.93. The summed E-state index contributed by atoms with van der Waals surface area (Å²) in [6, 6.07) is 0. The predicted octanol–water partition coefficient (Wildman–Crippen LogP) is 1.08. The van der Waals surface area contributed by atoms with E-state index >= 15 is 0 Å². The molecule has 1 saturated carbocycles. The summed E-state index contributed by atoms with van der Waals surface area (Å²) in [7, 11) is 0. The molecule has 0 radical (unpaired) electrons. The Kier molecular flexibility index (Phi) is 2.27. The molecule has 0 aliphatic heterocycles. The monoisotopic (exact) mass is 156 g/mol. The van der Waals surface area contributed by atoms with Crippen molar-refractivity contribution in [1.29, 1.82) is 0 Å². The minimum absolute atomic E-state index is 0.0833. The first-order valence-electron chi connectivity index (χ1n) is 3.85. The molecule has 0 aromatic carbocycles. The fourth-order valence-corrected chi connectivity index (χ4v) is 1.47.